The Kier molecular flexibility index (Phi) is 4.07. The smallest absolute Gasteiger partial charge is 0.123 e. The molecular formula is C19H10Cl2FN3. The van der Waals surface area contributed by atoms with E-state index in [0.29, 0.717) is 32.5 Å². The van der Waals surface area contributed by atoms with Crippen molar-refractivity contribution in [1.82, 2.24) is 15.0 Å². The van der Waals surface area contributed by atoms with Crippen LogP contribution in [0.4, 0.5) is 4.39 Å². The van der Waals surface area contributed by atoms with Crippen molar-refractivity contribution in [2.45, 2.75) is 0 Å². The van der Waals surface area contributed by atoms with Gasteiger partial charge in [-0.25, -0.2) is 19.3 Å². The Hall–Kier alpha value is -2.56. The molecule has 0 fully saturated rings. The van der Waals surface area contributed by atoms with Crippen molar-refractivity contribution in [1.29, 1.82) is 0 Å². The van der Waals surface area contributed by atoms with Crippen LogP contribution in [0, 0.1) is 5.82 Å². The van der Waals surface area contributed by atoms with Crippen molar-refractivity contribution in [3.8, 4) is 22.5 Å². The monoisotopic (exact) mass is 369 g/mol. The normalized spacial score (nSPS) is 11.0. The van der Waals surface area contributed by atoms with Crippen molar-refractivity contribution in [2.75, 3.05) is 0 Å². The number of benzene rings is 2. The van der Waals surface area contributed by atoms with Gasteiger partial charge in [0.05, 0.1) is 11.2 Å². The summed E-state index contributed by atoms with van der Waals surface area (Å²) in [5.41, 5.74) is 4.24. The van der Waals surface area contributed by atoms with E-state index in [-0.39, 0.29) is 5.82 Å². The van der Waals surface area contributed by atoms with Gasteiger partial charge in [0.15, 0.2) is 0 Å². The van der Waals surface area contributed by atoms with Crippen LogP contribution in [0.25, 0.3) is 33.5 Å². The molecule has 0 amide bonds. The zero-order chi connectivity index (χ0) is 17.4. The second-order valence-electron chi connectivity index (χ2n) is 5.45. The number of halogens is 3. The number of hydrogen-bond acceptors (Lipinski definition) is 3. The highest BCUT2D eigenvalue weighted by molar-refractivity contribution is 6.35. The molecule has 3 nitrogen and oxygen atoms in total. The van der Waals surface area contributed by atoms with Gasteiger partial charge in [0.2, 0.25) is 0 Å². The fraction of sp³-hybridized carbons (Fsp3) is 0. The van der Waals surface area contributed by atoms with E-state index in [4.69, 9.17) is 23.2 Å². The fourth-order valence-electron chi connectivity index (χ4n) is 2.62. The average Bonchev–Trinajstić information content (AvgIpc) is 2.60. The second kappa shape index (κ2) is 6.39. The largest absolute Gasteiger partial charge is 0.244 e. The standard InChI is InChI=1S/C19H10Cl2FN3/c20-13-7-12(8-14(21)9-13)18-19-17(23-10-24-18)6-5-16(25-19)11-1-3-15(22)4-2-11/h1-10H. The van der Waals surface area contributed by atoms with Gasteiger partial charge in [0.25, 0.3) is 0 Å². The third kappa shape index (κ3) is 3.18. The zero-order valence-corrected chi connectivity index (χ0v) is 14.3. The van der Waals surface area contributed by atoms with Crippen LogP contribution in [0.2, 0.25) is 10.0 Å². The van der Waals surface area contributed by atoms with E-state index in [2.05, 4.69) is 15.0 Å². The number of nitrogens with zero attached hydrogens (tertiary/aromatic N) is 3. The van der Waals surface area contributed by atoms with Crippen LogP contribution >= 0.6 is 23.2 Å². The van der Waals surface area contributed by atoms with Crippen LogP contribution in [0.5, 0.6) is 0 Å². The molecule has 0 spiro atoms. The first-order valence-electron chi connectivity index (χ1n) is 7.44. The Balaban J connectivity index is 1.93. The Morgan fingerprint density at radius 1 is 0.760 bits per heavy atom. The molecule has 6 heteroatoms. The van der Waals surface area contributed by atoms with Crippen molar-refractivity contribution >= 4 is 34.2 Å². The molecule has 0 aliphatic rings. The second-order valence-corrected chi connectivity index (χ2v) is 6.32. The summed E-state index contributed by atoms with van der Waals surface area (Å²) >= 11 is 12.2. The lowest BCUT2D eigenvalue weighted by Crippen LogP contribution is -1.94. The molecular weight excluding hydrogens is 360 g/mol. The first kappa shape index (κ1) is 15.9. The van der Waals surface area contributed by atoms with Crippen LogP contribution in [-0.2, 0) is 0 Å². The Bertz CT molecular complexity index is 1060. The van der Waals surface area contributed by atoms with Gasteiger partial charge in [-0.15, -0.1) is 0 Å². The molecule has 0 aliphatic carbocycles. The van der Waals surface area contributed by atoms with Gasteiger partial charge < -0.3 is 0 Å². The summed E-state index contributed by atoms with van der Waals surface area (Å²) in [5, 5.41) is 1.04. The zero-order valence-electron chi connectivity index (χ0n) is 12.7. The van der Waals surface area contributed by atoms with E-state index in [9.17, 15) is 4.39 Å². The molecule has 2 aromatic carbocycles. The molecule has 2 heterocycles. The summed E-state index contributed by atoms with van der Waals surface area (Å²) < 4.78 is 13.2. The molecule has 25 heavy (non-hydrogen) atoms. The predicted molar refractivity (Wildman–Crippen MR) is 98.2 cm³/mol. The molecule has 0 unspecified atom stereocenters. The summed E-state index contributed by atoms with van der Waals surface area (Å²) in [5.74, 6) is -0.290. The minimum atomic E-state index is -0.290. The lowest BCUT2D eigenvalue weighted by molar-refractivity contribution is 0.628. The van der Waals surface area contributed by atoms with E-state index in [0.717, 1.165) is 11.1 Å². The number of rotatable bonds is 2. The molecule has 2 aromatic heterocycles. The van der Waals surface area contributed by atoms with E-state index in [1.54, 1.807) is 30.3 Å². The molecule has 0 radical (unpaired) electrons. The molecule has 0 N–H and O–H groups in total. The first-order chi connectivity index (χ1) is 12.1. The third-order valence-electron chi connectivity index (χ3n) is 3.76. The highest BCUT2D eigenvalue weighted by atomic mass is 35.5. The SMILES string of the molecule is Fc1ccc(-c2ccc3ncnc(-c4cc(Cl)cc(Cl)c4)c3n2)cc1. The molecule has 0 saturated carbocycles. The third-order valence-corrected chi connectivity index (χ3v) is 4.19. The van der Waals surface area contributed by atoms with Crippen molar-refractivity contribution in [3.63, 3.8) is 0 Å². The Labute approximate surface area is 153 Å². The lowest BCUT2D eigenvalue weighted by Gasteiger charge is -2.08. The van der Waals surface area contributed by atoms with E-state index < -0.39 is 0 Å². The van der Waals surface area contributed by atoms with Crippen LogP contribution in [0.1, 0.15) is 0 Å². The molecule has 0 aliphatic heterocycles. The van der Waals surface area contributed by atoms with Crippen LogP contribution in [0.3, 0.4) is 0 Å². The first-order valence-corrected chi connectivity index (χ1v) is 8.20. The molecule has 0 saturated heterocycles. The number of pyridine rings is 1. The summed E-state index contributed by atoms with van der Waals surface area (Å²) in [6, 6.07) is 15.1. The van der Waals surface area contributed by atoms with Gasteiger partial charge in [-0.1, -0.05) is 23.2 Å². The summed E-state index contributed by atoms with van der Waals surface area (Å²) in [6.45, 7) is 0. The van der Waals surface area contributed by atoms with E-state index >= 15 is 0 Å². The quantitative estimate of drug-likeness (QED) is 0.447. The summed E-state index contributed by atoms with van der Waals surface area (Å²) in [6.07, 6.45) is 1.48. The van der Waals surface area contributed by atoms with Crippen LogP contribution in [0.15, 0.2) is 60.9 Å². The van der Waals surface area contributed by atoms with Gasteiger partial charge in [0.1, 0.15) is 23.4 Å². The predicted octanol–water partition coefficient (Wildman–Crippen LogP) is 5.80. The van der Waals surface area contributed by atoms with Crippen LogP contribution < -0.4 is 0 Å². The van der Waals surface area contributed by atoms with Gasteiger partial charge in [-0.3, -0.25) is 0 Å². The summed E-state index contributed by atoms with van der Waals surface area (Å²) in [4.78, 5) is 13.3. The van der Waals surface area contributed by atoms with Gasteiger partial charge in [-0.05, 0) is 54.6 Å². The van der Waals surface area contributed by atoms with Crippen LogP contribution in [-0.4, -0.2) is 15.0 Å². The molecule has 0 bridgehead atoms. The highest BCUT2D eigenvalue weighted by Gasteiger charge is 2.11. The topological polar surface area (TPSA) is 38.7 Å². The lowest BCUT2D eigenvalue weighted by atomic mass is 10.1. The van der Waals surface area contributed by atoms with Gasteiger partial charge in [0, 0.05) is 21.2 Å². The van der Waals surface area contributed by atoms with Gasteiger partial charge >= 0.3 is 0 Å². The molecule has 4 rings (SSSR count). The van der Waals surface area contributed by atoms with E-state index in [1.165, 1.54) is 18.5 Å². The maximum absolute atomic E-state index is 13.2. The maximum atomic E-state index is 13.2. The Morgan fingerprint density at radius 3 is 2.20 bits per heavy atom. The number of hydrogen-bond donors (Lipinski definition) is 0. The minimum Gasteiger partial charge on any atom is -0.244 e. The van der Waals surface area contributed by atoms with Crippen molar-refractivity contribution < 1.29 is 4.39 Å². The number of fused-ring (bicyclic) bond motifs is 1. The average molecular weight is 370 g/mol. The Morgan fingerprint density at radius 2 is 1.48 bits per heavy atom. The van der Waals surface area contributed by atoms with Gasteiger partial charge in [-0.2, -0.15) is 0 Å². The minimum absolute atomic E-state index is 0.290. The van der Waals surface area contributed by atoms with Crippen molar-refractivity contribution in [2.24, 2.45) is 0 Å². The number of aromatic nitrogens is 3. The van der Waals surface area contributed by atoms with Crippen molar-refractivity contribution in [3.05, 3.63) is 76.8 Å². The molecule has 122 valence electrons. The molecule has 4 aromatic rings. The molecule has 0 atom stereocenters. The fourth-order valence-corrected chi connectivity index (χ4v) is 3.15. The summed E-state index contributed by atoms with van der Waals surface area (Å²) in [7, 11) is 0. The van der Waals surface area contributed by atoms with E-state index in [1.807, 2.05) is 12.1 Å². The highest BCUT2D eigenvalue weighted by Crippen LogP contribution is 2.30. The maximum Gasteiger partial charge on any atom is 0.123 e.